The van der Waals surface area contributed by atoms with Gasteiger partial charge in [0.05, 0.1) is 11.4 Å². The van der Waals surface area contributed by atoms with E-state index in [1.165, 1.54) is 11.3 Å². The molecule has 0 fully saturated rings. The van der Waals surface area contributed by atoms with Crippen molar-refractivity contribution in [1.82, 2.24) is 0 Å². The van der Waals surface area contributed by atoms with E-state index in [4.69, 9.17) is 16.3 Å². The van der Waals surface area contributed by atoms with Gasteiger partial charge in [0.25, 0.3) is 0 Å². The van der Waals surface area contributed by atoms with Crippen molar-refractivity contribution < 1.29 is 9.84 Å². The van der Waals surface area contributed by atoms with Gasteiger partial charge in [-0.1, -0.05) is 23.7 Å². The average Bonchev–Trinajstić information content (AvgIpc) is 2.69. The molecule has 96 valence electrons. The summed E-state index contributed by atoms with van der Waals surface area (Å²) in [5.41, 5.74) is 2.86. The summed E-state index contributed by atoms with van der Waals surface area (Å²) in [5, 5.41) is 10.3. The Morgan fingerprint density at radius 3 is 2.50 bits per heavy atom. The highest BCUT2D eigenvalue weighted by molar-refractivity contribution is 7.16. The lowest BCUT2D eigenvalue weighted by Gasteiger charge is -2.12. The maximum absolute atomic E-state index is 10.3. The predicted molar refractivity (Wildman–Crippen MR) is 75.9 cm³/mol. The first kappa shape index (κ1) is 13.4. The second-order valence-corrected chi connectivity index (χ2v) is 5.92. The Hall–Kier alpha value is -1.03. The number of hydrogen-bond donors (Lipinski definition) is 1. The maximum atomic E-state index is 10.3. The predicted octanol–water partition coefficient (Wildman–Crippen LogP) is 4.11. The molecule has 2 aromatic rings. The van der Waals surface area contributed by atoms with Crippen molar-refractivity contribution in [1.29, 1.82) is 0 Å². The van der Waals surface area contributed by atoms with Crippen LogP contribution in [0.15, 0.2) is 24.3 Å². The Balaban J connectivity index is 2.36. The van der Waals surface area contributed by atoms with Gasteiger partial charge in [0.1, 0.15) is 11.9 Å². The molecule has 0 spiro atoms. The van der Waals surface area contributed by atoms with E-state index in [-0.39, 0.29) is 0 Å². The fourth-order valence-electron chi connectivity index (χ4n) is 1.79. The third kappa shape index (κ3) is 2.53. The number of hydrogen-bond acceptors (Lipinski definition) is 3. The van der Waals surface area contributed by atoms with E-state index in [0.29, 0.717) is 0 Å². The van der Waals surface area contributed by atoms with Gasteiger partial charge in [0.15, 0.2) is 0 Å². The van der Waals surface area contributed by atoms with Crippen molar-refractivity contribution in [2.45, 2.75) is 20.0 Å². The third-order valence-corrected chi connectivity index (χ3v) is 4.50. The molecule has 1 unspecified atom stereocenters. The van der Waals surface area contributed by atoms with Crippen molar-refractivity contribution in [2.75, 3.05) is 7.11 Å². The Morgan fingerprint density at radius 1 is 1.22 bits per heavy atom. The Kier molecular flexibility index (Phi) is 3.95. The van der Waals surface area contributed by atoms with Crippen LogP contribution in [0.4, 0.5) is 0 Å². The normalized spacial score (nSPS) is 12.5. The molecule has 1 atom stereocenters. The quantitative estimate of drug-likeness (QED) is 0.918. The van der Waals surface area contributed by atoms with Crippen molar-refractivity contribution in [2.24, 2.45) is 0 Å². The molecular weight excluding hydrogens is 268 g/mol. The molecule has 1 N–H and O–H groups in total. The fraction of sp³-hybridized carbons (Fsp3) is 0.286. The van der Waals surface area contributed by atoms with Crippen LogP contribution in [-0.4, -0.2) is 12.2 Å². The number of ether oxygens (including phenoxy) is 1. The first-order chi connectivity index (χ1) is 8.52. The van der Waals surface area contributed by atoms with E-state index in [2.05, 4.69) is 0 Å². The highest BCUT2D eigenvalue weighted by atomic mass is 35.5. The van der Waals surface area contributed by atoms with E-state index in [1.807, 2.05) is 38.1 Å². The zero-order valence-corrected chi connectivity index (χ0v) is 12.1. The van der Waals surface area contributed by atoms with Crippen molar-refractivity contribution in [3.05, 3.63) is 50.2 Å². The zero-order valence-electron chi connectivity index (χ0n) is 10.5. The Morgan fingerprint density at radius 2 is 1.94 bits per heavy atom. The topological polar surface area (TPSA) is 29.5 Å². The zero-order chi connectivity index (χ0) is 13.3. The van der Waals surface area contributed by atoms with Crippen LogP contribution in [0, 0.1) is 13.8 Å². The lowest BCUT2D eigenvalue weighted by Crippen LogP contribution is -1.98. The molecular formula is C14H15ClO2S. The van der Waals surface area contributed by atoms with Crippen LogP contribution in [0.25, 0.3) is 0 Å². The van der Waals surface area contributed by atoms with Gasteiger partial charge in [0, 0.05) is 4.88 Å². The highest BCUT2D eigenvalue weighted by Gasteiger charge is 2.15. The first-order valence-corrected chi connectivity index (χ1v) is 6.80. The minimum atomic E-state index is -0.657. The number of halogens is 1. The number of methoxy groups -OCH3 is 1. The second-order valence-electron chi connectivity index (χ2n) is 4.24. The fourth-order valence-corrected chi connectivity index (χ4v) is 3.02. The summed E-state index contributed by atoms with van der Waals surface area (Å²) in [6, 6.07) is 7.64. The van der Waals surface area contributed by atoms with E-state index in [0.717, 1.165) is 31.7 Å². The Labute approximate surface area is 116 Å². The summed E-state index contributed by atoms with van der Waals surface area (Å²) < 4.78 is 5.99. The largest absolute Gasteiger partial charge is 0.496 e. The molecule has 0 saturated heterocycles. The molecule has 0 bridgehead atoms. The van der Waals surface area contributed by atoms with E-state index < -0.39 is 6.10 Å². The molecule has 0 aliphatic rings. The molecule has 1 aromatic heterocycles. The number of rotatable bonds is 3. The van der Waals surface area contributed by atoms with Crippen LogP contribution in [0.1, 0.15) is 27.7 Å². The molecule has 18 heavy (non-hydrogen) atoms. The lowest BCUT2D eigenvalue weighted by molar-refractivity contribution is 0.223. The molecule has 0 saturated carbocycles. The van der Waals surface area contributed by atoms with Crippen LogP contribution < -0.4 is 4.74 Å². The summed E-state index contributed by atoms with van der Waals surface area (Å²) in [6.45, 7) is 3.91. The first-order valence-electron chi connectivity index (χ1n) is 5.61. The standard InChI is InChI=1S/C14H15ClO2S/c1-8-4-5-10(7-11(8)17-3)13(16)12-6-9(2)14(15)18-12/h4-7,13,16H,1-3H3. The number of aliphatic hydroxyl groups is 1. The van der Waals surface area contributed by atoms with Gasteiger partial charge >= 0.3 is 0 Å². The molecule has 1 aromatic carbocycles. The van der Waals surface area contributed by atoms with Crippen LogP contribution in [-0.2, 0) is 0 Å². The summed E-state index contributed by atoms with van der Waals surface area (Å²) in [4.78, 5) is 0.850. The van der Waals surface area contributed by atoms with Gasteiger partial charge in [-0.2, -0.15) is 0 Å². The van der Waals surface area contributed by atoms with E-state index in [9.17, 15) is 5.11 Å². The van der Waals surface area contributed by atoms with Gasteiger partial charge in [0.2, 0.25) is 0 Å². The molecule has 0 radical (unpaired) electrons. The number of aliphatic hydroxyl groups excluding tert-OH is 1. The van der Waals surface area contributed by atoms with E-state index in [1.54, 1.807) is 7.11 Å². The van der Waals surface area contributed by atoms with Crippen LogP contribution in [0.2, 0.25) is 4.34 Å². The number of thiophene rings is 1. The smallest absolute Gasteiger partial charge is 0.122 e. The molecule has 0 aliphatic heterocycles. The molecule has 0 aliphatic carbocycles. The molecule has 0 amide bonds. The van der Waals surface area contributed by atoms with Gasteiger partial charge in [-0.3, -0.25) is 0 Å². The van der Waals surface area contributed by atoms with E-state index >= 15 is 0 Å². The molecule has 1 heterocycles. The maximum Gasteiger partial charge on any atom is 0.122 e. The van der Waals surface area contributed by atoms with Gasteiger partial charge in [-0.25, -0.2) is 0 Å². The lowest BCUT2D eigenvalue weighted by atomic mass is 10.0. The van der Waals surface area contributed by atoms with Crippen molar-refractivity contribution in [3.8, 4) is 5.75 Å². The average molecular weight is 283 g/mol. The van der Waals surface area contributed by atoms with Crippen molar-refractivity contribution >= 4 is 22.9 Å². The summed E-state index contributed by atoms with van der Waals surface area (Å²) >= 11 is 7.44. The molecule has 4 heteroatoms. The SMILES string of the molecule is COc1cc(C(O)c2cc(C)c(Cl)s2)ccc1C. The molecule has 2 nitrogen and oxygen atoms in total. The van der Waals surface area contributed by atoms with Gasteiger partial charge in [-0.15, -0.1) is 11.3 Å². The second kappa shape index (κ2) is 5.31. The summed E-state index contributed by atoms with van der Waals surface area (Å²) in [6.07, 6.45) is -0.657. The number of aryl methyl sites for hydroxylation is 2. The monoisotopic (exact) mass is 282 g/mol. The molecule has 2 rings (SSSR count). The van der Waals surface area contributed by atoms with Crippen LogP contribution >= 0.6 is 22.9 Å². The van der Waals surface area contributed by atoms with Crippen molar-refractivity contribution in [3.63, 3.8) is 0 Å². The highest BCUT2D eigenvalue weighted by Crippen LogP contribution is 2.35. The third-order valence-electron chi connectivity index (χ3n) is 2.89. The van der Waals surface area contributed by atoms with Crippen LogP contribution in [0.3, 0.4) is 0 Å². The van der Waals surface area contributed by atoms with Gasteiger partial charge in [-0.05, 0) is 42.7 Å². The van der Waals surface area contributed by atoms with Gasteiger partial charge < -0.3 is 9.84 Å². The Bertz CT molecular complexity index is 543. The minimum absolute atomic E-state index is 0.657. The summed E-state index contributed by atoms with van der Waals surface area (Å²) in [7, 11) is 1.63. The minimum Gasteiger partial charge on any atom is -0.496 e. The van der Waals surface area contributed by atoms with Crippen LogP contribution in [0.5, 0.6) is 5.75 Å². The summed E-state index contributed by atoms with van der Waals surface area (Å²) in [5.74, 6) is 0.783. The number of benzene rings is 1.